The number of para-hydroxylation sites is 1. The minimum absolute atomic E-state index is 0.0816. The maximum Gasteiger partial charge on any atom is 0.233 e. The molecule has 2 fully saturated rings. The SMILES string of the molecule is CCc1ccccc1-n1c(S[C@H](C)C(=O)NC2CCCC2)nnc1N1CCOCC1. The van der Waals surface area contributed by atoms with Crippen LogP contribution < -0.4 is 10.2 Å². The lowest BCUT2D eigenvalue weighted by molar-refractivity contribution is -0.120. The Bertz CT molecular complexity index is 859. The first-order valence-electron chi connectivity index (χ1n) is 11.0. The molecule has 1 saturated carbocycles. The van der Waals surface area contributed by atoms with E-state index in [1.165, 1.54) is 30.2 Å². The van der Waals surface area contributed by atoms with Crippen LogP contribution in [0.15, 0.2) is 29.4 Å². The highest BCUT2D eigenvalue weighted by Gasteiger charge is 2.27. The third-order valence-electron chi connectivity index (χ3n) is 5.88. The highest BCUT2D eigenvalue weighted by atomic mass is 32.2. The van der Waals surface area contributed by atoms with Gasteiger partial charge in [0.2, 0.25) is 11.9 Å². The quantitative estimate of drug-likeness (QED) is 0.682. The van der Waals surface area contributed by atoms with E-state index in [1.807, 2.05) is 13.0 Å². The van der Waals surface area contributed by atoms with Crippen LogP contribution in [0.5, 0.6) is 0 Å². The minimum Gasteiger partial charge on any atom is -0.378 e. The van der Waals surface area contributed by atoms with Gasteiger partial charge in [-0.05, 0) is 37.8 Å². The highest BCUT2D eigenvalue weighted by molar-refractivity contribution is 8.00. The number of thioether (sulfide) groups is 1. The Labute approximate surface area is 182 Å². The second-order valence-corrected chi connectivity index (χ2v) is 9.26. The molecule has 2 aliphatic rings. The van der Waals surface area contributed by atoms with E-state index >= 15 is 0 Å². The number of rotatable bonds is 7. The maximum absolute atomic E-state index is 12.8. The number of carbonyl (C=O) groups excluding carboxylic acids is 1. The smallest absolute Gasteiger partial charge is 0.233 e. The van der Waals surface area contributed by atoms with Gasteiger partial charge in [0.15, 0.2) is 5.16 Å². The molecule has 4 rings (SSSR count). The van der Waals surface area contributed by atoms with Crippen molar-refractivity contribution in [2.75, 3.05) is 31.2 Å². The molecule has 1 aromatic heterocycles. The number of anilines is 1. The molecule has 1 amide bonds. The van der Waals surface area contributed by atoms with Crippen molar-refractivity contribution < 1.29 is 9.53 Å². The average Bonchev–Trinajstić information content (AvgIpc) is 3.44. The van der Waals surface area contributed by atoms with Crippen molar-refractivity contribution >= 4 is 23.6 Å². The zero-order valence-electron chi connectivity index (χ0n) is 17.8. The molecule has 1 aliphatic heterocycles. The maximum atomic E-state index is 12.8. The van der Waals surface area contributed by atoms with Crippen LogP contribution in [0.3, 0.4) is 0 Å². The first-order valence-corrected chi connectivity index (χ1v) is 11.9. The second kappa shape index (κ2) is 9.83. The number of amides is 1. The van der Waals surface area contributed by atoms with Crippen LogP contribution in [0.4, 0.5) is 5.95 Å². The van der Waals surface area contributed by atoms with E-state index in [0.717, 1.165) is 49.1 Å². The van der Waals surface area contributed by atoms with E-state index in [4.69, 9.17) is 4.74 Å². The summed E-state index contributed by atoms with van der Waals surface area (Å²) in [6, 6.07) is 8.68. The van der Waals surface area contributed by atoms with Crippen LogP contribution in [0.2, 0.25) is 0 Å². The summed E-state index contributed by atoms with van der Waals surface area (Å²) in [6.07, 6.45) is 5.50. The van der Waals surface area contributed by atoms with Gasteiger partial charge in [-0.15, -0.1) is 10.2 Å². The number of morpholine rings is 1. The number of aryl methyl sites for hydroxylation is 1. The number of benzene rings is 1. The first-order chi connectivity index (χ1) is 14.7. The van der Waals surface area contributed by atoms with Crippen LogP contribution in [0.25, 0.3) is 5.69 Å². The van der Waals surface area contributed by atoms with Crippen LogP contribution in [-0.4, -0.2) is 58.3 Å². The zero-order valence-corrected chi connectivity index (χ0v) is 18.7. The summed E-state index contributed by atoms with van der Waals surface area (Å²) in [7, 11) is 0. The number of hydrogen-bond acceptors (Lipinski definition) is 6. The largest absolute Gasteiger partial charge is 0.378 e. The number of hydrogen-bond donors (Lipinski definition) is 1. The van der Waals surface area contributed by atoms with Crippen molar-refractivity contribution in [1.82, 2.24) is 20.1 Å². The summed E-state index contributed by atoms with van der Waals surface area (Å²) in [6.45, 7) is 7.05. The van der Waals surface area contributed by atoms with Crippen molar-refractivity contribution in [2.45, 2.75) is 62.4 Å². The number of aromatic nitrogens is 3. The minimum atomic E-state index is -0.236. The van der Waals surface area contributed by atoms with Gasteiger partial charge < -0.3 is 15.0 Å². The van der Waals surface area contributed by atoms with Crippen LogP contribution in [0.1, 0.15) is 45.1 Å². The Morgan fingerprint density at radius 3 is 2.70 bits per heavy atom. The molecule has 2 aromatic rings. The van der Waals surface area contributed by atoms with Crippen molar-refractivity contribution in [3.63, 3.8) is 0 Å². The highest BCUT2D eigenvalue weighted by Crippen LogP contribution is 2.31. The third kappa shape index (κ3) is 4.64. The Morgan fingerprint density at radius 2 is 1.97 bits per heavy atom. The van der Waals surface area contributed by atoms with Gasteiger partial charge >= 0.3 is 0 Å². The van der Waals surface area contributed by atoms with Gasteiger partial charge in [0.1, 0.15) is 0 Å². The molecular weight excluding hydrogens is 398 g/mol. The fraction of sp³-hybridized carbons (Fsp3) is 0.591. The van der Waals surface area contributed by atoms with E-state index < -0.39 is 0 Å². The van der Waals surface area contributed by atoms with Gasteiger partial charge in [0.25, 0.3) is 0 Å². The summed E-state index contributed by atoms with van der Waals surface area (Å²) in [5.74, 6) is 0.906. The van der Waals surface area contributed by atoms with Crippen LogP contribution in [-0.2, 0) is 16.0 Å². The molecule has 162 valence electrons. The Balaban J connectivity index is 1.62. The van der Waals surface area contributed by atoms with Crippen molar-refractivity contribution in [3.05, 3.63) is 29.8 Å². The molecule has 30 heavy (non-hydrogen) atoms. The number of ether oxygens (including phenoxy) is 1. The molecule has 2 heterocycles. The lowest BCUT2D eigenvalue weighted by Crippen LogP contribution is -2.38. The molecule has 1 N–H and O–H groups in total. The standard InChI is InChI=1S/C22H31N5O2S/c1-3-17-8-4-7-11-19(17)27-21(26-12-14-29-15-13-26)24-25-22(27)30-16(2)20(28)23-18-9-5-6-10-18/h4,7-8,11,16,18H,3,5-6,9-10,12-15H2,1-2H3,(H,23,28)/t16-/m1/s1. The van der Waals surface area contributed by atoms with E-state index in [0.29, 0.717) is 19.3 Å². The number of carbonyl (C=O) groups is 1. The topological polar surface area (TPSA) is 72.3 Å². The van der Waals surface area contributed by atoms with Gasteiger partial charge in [0, 0.05) is 19.1 Å². The molecule has 0 spiro atoms. The molecule has 1 saturated heterocycles. The monoisotopic (exact) mass is 429 g/mol. The van der Waals surface area contributed by atoms with E-state index in [-0.39, 0.29) is 11.2 Å². The van der Waals surface area contributed by atoms with E-state index in [9.17, 15) is 4.79 Å². The predicted octanol–water partition coefficient (Wildman–Crippen LogP) is 3.21. The average molecular weight is 430 g/mol. The van der Waals surface area contributed by atoms with E-state index in [2.05, 4.69) is 50.1 Å². The third-order valence-corrected chi connectivity index (χ3v) is 6.92. The van der Waals surface area contributed by atoms with Gasteiger partial charge in [-0.25, -0.2) is 0 Å². The molecule has 8 heteroatoms. The van der Waals surface area contributed by atoms with E-state index in [1.54, 1.807) is 0 Å². The first kappa shape index (κ1) is 21.2. The summed E-state index contributed by atoms with van der Waals surface area (Å²) in [5.41, 5.74) is 2.31. The molecule has 0 radical (unpaired) electrons. The molecular formula is C22H31N5O2S. The molecule has 1 aromatic carbocycles. The Hall–Kier alpha value is -2.06. The number of nitrogens with one attached hydrogen (secondary N) is 1. The second-order valence-electron chi connectivity index (χ2n) is 7.95. The number of nitrogens with zero attached hydrogens (tertiary/aromatic N) is 4. The van der Waals surface area contributed by atoms with Gasteiger partial charge in [-0.2, -0.15) is 0 Å². The summed E-state index contributed by atoms with van der Waals surface area (Å²) in [5, 5.41) is 12.8. The van der Waals surface area contributed by atoms with Gasteiger partial charge in [-0.3, -0.25) is 9.36 Å². The Kier molecular flexibility index (Phi) is 6.94. The van der Waals surface area contributed by atoms with Crippen molar-refractivity contribution in [2.24, 2.45) is 0 Å². The summed E-state index contributed by atoms with van der Waals surface area (Å²) < 4.78 is 7.64. The lowest BCUT2D eigenvalue weighted by atomic mass is 10.1. The normalized spacial score (nSPS) is 18.5. The lowest BCUT2D eigenvalue weighted by Gasteiger charge is -2.28. The zero-order chi connectivity index (χ0) is 20.9. The summed E-state index contributed by atoms with van der Waals surface area (Å²) >= 11 is 1.48. The molecule has 1 aliphatic carbocycles. The molecule has 0 bridgehead atoms. The summed E-state index contributed by atoms with van der Waals surface area (Å²) in [4.78, 5) is 15.0. The van der Waals surface area contributed by atoms with Crippen LogP contribution in [0, 0.1) is 0 Å². The fourth-order valence-electron chi connectivity index (χ4n) is 4.15. The van der Waals surface area contributed by atoms with Crippen LogP contribution >= 0.6 is 11.8 Å². The van der Waals surface area contributed by atoms with Crippen molar-refractivity contribution in [3.8, 4) is 5.69 Å². The Morgan fingerprint density at radius 1 is 1.23 bits per heavy atom. The molecule has 7 nitrogen and oxygen atoms in total. The predicted molar refractivity (Wildman–Crippen MR) is 119 cm³/mol. The molecule has 1 atom stereocenters. The molecule has 0 unspecified atom stereocenters. The van der Waals surface area contributed by atoms with Gasteiger partial charge in [-0.1, -0.05) is 49.7 Å². The van der Waals surface area contributed by atoms with Crippen molar-refractivity contribution in [1.29, 1.82) is 0 Å². The van der Waals surface area contributed by atoms with Gasteiger partial charge in [0.05, 0.1) is 24.2 Å². The fourth-order valence-corrected chi connectivity index (χ4v) is 5.01.